The van der Waals surface area contributed by atoms with Gasteiger partial charge in [0.1, 0.15) is 5.54 Å². The van der Waals surface area contributed by atoms with E-state index < -0.39 is 17.4 Å². The first-order valence-electron chi connectivity index (χ1n) is 9.72. The van der Waals surface area contributed by atoms with Crippen LogP contribution in [0.15, 0.2) is 53.0 Å². The average molecular weight is 454 g/mol. The molecule has 0 radical (unpaired) electrons. The number of hydrogen-bond donors (Lipinski definition) is 2. The molecule has 3 aliphatic rings. The fourth-order valence-corrected chi connectivity index (χ4v) is 5.46. The summed E-state index contributed by atoms with van der Waals surface area (Å²) in [5.74, 6) is -2.01. The van der Waals surface area contributed by atoms with Crippen molar-refractivity contribution in [1.29, 1.82) is 0 Å². The zero-order valence-electron chi connectivity index (χ0n) is 15.8. The first-order chi connectivity index (χ1) is 13.9. The number of halogens is 1. The van der Waals surface area contributed by atoms with Crippen LogP contribution in [0.4, 0.5) is 5.69 Å². The Balaban J connectivity index is 1.52. The summed E-state index contributed by atoms with van der Waals surface area (Å²) < 4.78 is 0.822. The third-order valence-corrected chi connectivity index (χ3v) is 6.88. The Morgan fingerprint density at radius 3 is 2.59 bits per heavy atom. The lowest BCUT2D eigenvalue weighted by molar-refractivity contribution is -0.142. The van der Waals surface area contributed by atoms with Crippen LogP contribution < -0.4 is 10.6 Å². The Morgan fingerprint density at radius 2 is 1.83 bits per heavy atom. The quantitative estimate of drug-likeness (QED) is 0.699. The van der Waals surface area contributed by atoms with Gasteiger partial charge in [-0.1, -0.05) is 46.3 Å². The number of likely N-dealkylation sites (tertiary alicyclic amines) is 1. The number of nitrogens with one attached hydrogen (secondary N) is 2. The number of carbonyl (C=O) groups excluding carboxylic acids is 3. The van der Waals surface area contributed by atoms with Crippen LogP contribution in [0.3, 0.4) is 0 Å². The Kier molecular flexibility index (Phi) is 4.15. The molecule has 0 aliphatic carbocycles. The highest BCUT2D eigenvalue weighted by molar-refractivity contribution is 9.10. The molecule has 6 nitrogen and oxygen atoms in total. The average Bonchev–Trinajstić information content (AvgIpc) is 3.26. The molecule has 7 heteroatoms. The Labute approximate surface area is 176 Å². The van der Waals surface area contributed by atoms with Gasteiger partial charge in [0.25, 0.3) is 0 Å². The molecule has 2 saturated heterocycles. The number of amides is 3. The first kappa shape index (κ1) is 18.5. The minimum atomic E-state index is -1.21. The standard InChI is InChI=1S/C22H20BrN3O3/c1-12-17-18(20(28)26(19(17)27)10-9-13-5-3-2-4-6-13)22(25-12)15-11-14(23)7-8-16(15)24-21(22)29/h2-8,11-12,17-18,25H,9-10H2,1H3,(H,24,29)/t12-,17-,18+,22+/m1/s1. The van der Waals surface area contributed by atoms with Gasteiger partial charge in [-0.15, -0.1) is 0 Å². The van der Waals surface area contributed by atoms with Gasteiger partial charge in [0.05, 0.1) is 11.8 Å². The van der Waals surface area contributed by atoms with E-state index in [-0.39, 0.29) is 23.8 Å². The number of fused-ring (bicyclic) bond motifs is 4. The number of rotatable bonds is 3. The summed E-state index contributed by atoms with van der Waals surface area (Å²) in [6.45, 7) is 2.20. The van der Waals surface area contributed by atoms with Gasteiger partial charge in [-0.25, -0.2) is 0 Å². The van der Waals surface area contributed by atoms with Crippen molar-refractivity contribution in [2.75, 3.05) is 11.9 Å². The molecule has 3 heterocycles. The maximum absolute atomic E-state index is 13.4. The van der Waals surface area contributed by atoms with Crippen molar-refractivity contribution in [2.24, 2.45) is 11.8 Å². The molecule has 2 aromatic carbocycles. The monoisotopic (exact) mass is 453 g/mol. The second-order valence-corrected chi connectivity index (χ2v) is 8.87. The van der Waals surface area contributed by atoms with Crippen molar-refractivity contribution >= 4 is 39.3 Å². The van der Waals surface area contributed by atoms with Crippen LogP contribution in [0.1, 0.15) is 18.1 Å². The summed E-state index contributed by atoms with van der Waals surface area (Å²) in [5, 5.41) is 6.21. The lowest BCUT2D eigenvalue weighted by Gasteiger charge is -2.29. The van der Waals surface area contributed by atoms with Gasteiger partial charge in [0.15, 0.2) is 0 Å². The molecule has 0 unspecified atom stereocenters. The summed E-state index contributed by atoms with van der Waals surface area (Å²) in [4.78, 5) is 41.1. The Hall–Kier alpha value is -2.51. The van der Waals surface area contributed by atoms with Crippen molar-refractivity contribution in [3.05, 3.63) is 64.1 Å². The molecule has 2 aromatic rings. The fraction of sp³-hybridized carbons (Fsp3) is 0.318. The van der Waals surface area contributed by atoms with E-state index in [4.69, 9.17) is 0 Å². The molecule has 3 aliphatic heterocycles. The topological polar surface area (TPSA) is 78.5 Å². The van der Waals surface area contributed by atoms with Crippen molar-refractivity contribution in [2.45, 2.75) is 24.9 Å². The van der Waals surface area contributed by atoms with Crippen molar-refractivity contribution in [1.82, 2.24) is 10.2 Å². The van der Waals surface area contributed by atoms with Crippen molar-refractivity contribution in [3.8, 4) is 0 Å². The fourth-order valence-electron chi connectivity index (χ4n) is 5.10. The third-order valence-electron chi connectivity index (χ3n) is 6.38. The van der Waals surface area contributed by atoms with E-state index in [1.165, 1.54) is 4.90 Å². The van der Waals surface area contributed by atoms with Crippen LogP contribution in [-0.2, 0) is 26.3 Å². The predicted molar refractivity (Wildman–Crippen MR) is 111 cm³/mol. The highest BCUT2D eigenvalue weighted by Crippen LogP contribution is 2.53. The minimum Gasteiger partial charge on any atom is -0.324 e. The number of hydrogen-bond acceptors (Lipinski definition) is 4. The van der Waals surface area contributed by atoms with E-state index in [0.717, 1.165) is 15.6 Å². The van der Waals surface area contributed by atoms with Gasteiger partial charge in [-0.2, -0.15) is 0 Å². The smallest absolute Gasteiger partial charge is 0.250 e. The lowest BCUT2D eigenvalue weighted by Crippen LogP contribution is -2.53. The van der Waals surface area contributed by atoms with Gasteiger partial charge >= 0.3 is 0 Å². The molecule has 0 bridgehead atoms. The van der Waals surface area contributed by atoms with E-state index >= 15 is 0 Å². The first-order valence-corrected chi connectivity index (χ1v) is 10.5. The number of nitrogens with zero attached hydrogens (tertiary/aromatic N) is 1. The van der Waals surface area contributed by atoms with Crippen LogP contribution in [0.25, 0.3) is 0 Å². The molecule has 148 valence electrons. The molecule has 0 saturated carbocycles. The Morgan fingerprint density at radius 1 is 1.07 bits per heavy atom. The van der Waals surface area contributed by atoms with Crippen LogP contribution in [0.2, 0.25) is 0 Å². The summed E-state index contributed by atoms with van der Waals surface area (Å²) in [7, 11) is 0. The molecule has 5 rings (SSSR count). The number of carbonyl (C=O) groups is 3. The van der Waals surface area contributed by atoms with Crippen LogP contribution in [-0.4, -0.2) is 35.2 Å². The number of anilines is 1. The zero-order chi connectivity index (χ0) is 20.3. The van der Waals surface area contributed by atoms with Crippen LogP contribution >= 0.6 is 15.9 Å². The third kappa shape index (κ3) is 2.53. The molecular weight excluding hydrogens is 434 g/mol. The SMILES string of the molecule is C[C@H]1N[C@]2(C(=O)Nc3ccc(Br)cc32)[C@@H]2C(=O)N(CCc3ccccc3)C(=O)[C@@H]21. The minimum absolute atomic E-state index is 0.191. The summed E-state index contributed by atoms with van der Waals surface area (Å²) in [5.41, 5.74) is 1.26. The largest absolute Gasteiger partial charge is 0.324 e. The number of imide groups is 1. The molecular formula is C22H20BrN3O3. The van der Waals surface area contributed by atoms with E-state index in [2.05, 4.69) is 26.6 Å². The second-order valence-electron chi connectivity index (χ2n) is 7.95. The van der Waals surface area contributed by atoms with Crippen LogP contribution in [0, 0.1) is 11.8 Å². The Bertz CT molecular complexity index is 1040. The molecule has 2 fully saturated rings. The molecule has 2 N–H and O–H groups in total. The van der Waals surface area contributed by atoms with Gasteiger partial charge in [-0.3, -0.25) is 24.6 Å². The normalized spacial score (nSPS) is 30.1. The molecule has 29 heavy (non-hydrogen) atoms. The lowest BCUT2D eigenvalue weighted by atomic mass is 9.76. The summed E-state index contributed by atoms with van der Waals surface area (Å²) >= 11 is 3.46. The van der Waals surface area contributed by atoms with Gasteiger partial charge in [0, 0.05) is 28.3 Å². The second kappa shape index (κ2) is 6.50. The molecule has 1 spiro atoms. The molecule has 4 atom stereocenters. The highest BCUT2D eigenvalue weighted by atomic mass is 79.9. The number of benzene rings is 2. The highest BCUT2D eigenvalue weighted by Gasteiger charge is 2.69. The van der Waals surface area contributed by atoms with Crippen molar-refractivity contribution in [3.63, 3.8) is 0 Å². The van der Waals surface area contributed by atoms with Gasteiger partial charge in [0.2, 0.25) is 17.7 Å². The zero-order valence-corrected chi connectivity index (χ0v) is 17.4. The van der Waals surface area contributed by atoms with E-state index in [0.29, 0.717) is 18.7 Å². The predicted octanol–water partition coefficient (Wildman–Crippen LogP) is 2.43. The maximum atomic E-state index is 13.4. The molecule has 3 amide bonds. The van der Waals surface area contributed by atoms with E-state index in [1.54, 1.807) is 0 Å². The molecule has 0 aromatic heterocycles. The van der Waals surface area contributed by atoms with Gasteiger partial charge < -0.3 is 5.32 Å². The van der Waals surface area contributed by atoms with Crippen molar-refractivity contribution < 1.29 is 14.4 Å². The summed E-state index contributed by atoms with van der Waals surface area (Å²) in [6.07, 6.45) is 0.598. The van der Waals surface area contributed by atoms with Gasteiger partial charge in [-0.05, 0) is 37.1 Å². The van der Waals surface area contributed by atoms with E-state index in [1.807, 2.05) is 55.5 Å². The summed E-state index contributed by atoms with van der Waals surface area (Å²) in [6, 6.07) is 15.0. The van der Waals surface area contributed by atoms with E-state index in [9.17, 15) is 14.4 Å². The maximum Gasteiger partial charge on any atom is 0.250 e. The van der Waals surface area contributed by atoms with Crippen LogP contribution in [0.5, 0.6) is 0 Å².